The monoisotopic (exact) mass is 309 g/mol. The summed E-state index contributed by atoms with van der Waals surface area (Å²) in [6, 6.07) is 11.7. The number of hydrogen-bond donors (Lipinski definition) is 2. The Morgan fingerprint density at radius 1 is 1.04 bits per heavy atom. The van der Waals surface area contributed by atoms with Gasteiger partial charge in [-0.15, -0.1) is 0 Å². The Morgan fingerprint density at radius 3 is 2.43 bits per heavy atom. The number of aryl methyl sites for hydroxylation is 2. The number of amides is 1. The summed E-state index contributed by atoms with van der Waals surface area (Å²) in [7, 11) is 0. The first-order valence-electron chi connectivity index (χ1n) is 8.07. The summed E-state index contributed by atoms with van der Waals surface area (Å²) in [5, 5.41) is 3.33. The second kappa shape index (κ2) is 6.32. The molecule has 1 fully saturated rings. The summed E-state index contributed by atoms with van der Waals surface area (Å²) in [6.45, 7) is 5.87. The molecule has 0 radical (unpaired) electrons. The quantitative estimate of drug-likeness (QED) is 0.846. The molecule has 23 heavy (non-hydrogen) atoms. The number of nitrogens with zero attached hydrogens (tertiary/aromatic N) is 1. The van der Waals surface area contributed by atoms with E-state index in [4.69, 9.17) is 5.73 Å². The molecule has 1 amide bonds. The van der Waals surface area contributed by atoms with E-state index < -0.39 is 0 Å². The zero-order valence-electron chi connectivity index (χ0n) is 13.7. The molecule has 4 heteroatoms. The minimum absolute atomic E-state index is 0.0759. The standard InChI is InChI=1S/C19H23N3O/c1-13-5-7-16(11-14(13)2)21-18-8-6-15(12-17(18)20)19(23)22-9-3-4-10-22/h5-8,11-12,21H,3-4,9-10,20H2,1-2H3. The average Bonchev–Trinajstić information content (AvgIpc) is 3.06. The number of anilines is 3. The van der Waals surface area contributed by atoms with Crippen LogP contribution in [0, 0.1) is 13.8 Å². The summed E-state index contributed by atoms with van der Waals surface area (Å²) in [5.74, 6) is 0.0759. The van der Waals surface area contributed by atoms with E-state index in [2.05, 4.69) is 31.3 Å². The van der Waals surface area contributed by atoms with Gasteiger partial charge in [0.1, 0.15) is 0 Å². The van der Waals surface area contributed by atoms with E-state index >= 15 is 0 Å². The predicted octanol–water partition coefficient (Wildman–Crippen LogP) is 3.87. The summed E-state index contributed by atoms with van der Waals surface area (Å²) in [5.41, 5.74) is 11.7. The number of benzene rings is 2. The smallest absolute Gasteiger partial charge is 0.253 e. The van der Waals surface area contributed by atoms with Gasteiger partial charge in [0, 0.05) is 24.3 Å². The molecule has 1 aliphatic heterocycles. The lowest BCUT2D eigenvalue weighted by atomic mass is 10.1. The molecule has 1 heterocycles. The lowest BCUT2D eigenvalue weighted by molar-refractivity contribution is 0.0793. The van der Waals surface area contributed by atoms with Crippen LogP contribution in [-0.4, -0.2) is 23.9 Å². The average molecular weight is 309 g/mol. The van der Waals surface area contributed by atoms with Crippen LogP contribution in [0.15, 0.2) is 36.4 Å². The predicted molar refractivity (Wildman–Crippen MR) is 95.2 cm³/mol. The fourth-order valence-corrected chi connectivity index (χ4v) is 2.89. The van der Waals surface area contributed by atoms with Crippen LogP contribution in [0.2, 0.25) is 0 Å². The summed E-state index contributed by atoms with van der Waals surface area (Å²) >= 11 is 0. The van der Waals surface area contributed by atoms with Crippen LogP contribution >= 0.6 is 0 Å². The highest BCUT2D eigenvalue weighted by Crippen LogP contribution is 2.26. The highest BCUT2D eigenvalue weighted by molar-refractivity contribution is 5.96. The van der Waals surface area contributed by atoms with E-state index in [0.29, 0.717) is 11.3 Å². The molecule has 0 unspecified atom stereocenters. The first-order valence-corrected chi connectivity index (χ1v) is 8.07. The first-order chi connectivity index (χ1) is 11.0. The zero-order chi connectivity index (χ0) is 16.4. The number of nitrogens with two attached hydrogens (primary N) is 1. The molecule has 0 spiro atoms. The molecule has 1 aliphatic rings. The third kappa shape index (κ3) is 3.31. The largest absolute Gasteiger partial charge is 0.397 e. The van der Waals surface area contributed by atoms with Gasteiger partial charge in [-0.25, -0.2) is 0 Å². The maximum atomic E-state index is 12.4. The minimum Gasteiger partial charge on any atom is -0.397 e. The Balaban J connectivity index is 1.78. The van der Waals surface area contributed by atoms with Crippen LogP contribution in [-0.2, 0) is 0 Å². The van der Waals surface area contributed by atoms with Gasteiger partial charge in [0.15, 0.2) is 0 Å². The molecule has 4 nitrogen and oxygen atoms in total. The van der Waals surface area contributed by atoms with E-state index in [-0.39, 0.29) is 5.91 Å². The number of nitrogen functional groups attached to an aromatic ring is 1. The van der Waals surface area contributed by atoms with Crippen molar-refractivity contribution in [2.24, 2.45) is 0 Å². The normalized spacial score (nSPS) is 14.1. The maximum absolute atomic E-state index is 12.4. The zero-order valence-corrected chi connectivity index (χ0v) is 13.7. The first kappa shape index (κ1) is 15.4. The highest BCUT2D eigenvalue weighted by atomic mass is 16.2. The minimum atomic E-state index is 0.0759. The lowest BCUT2D eigenvalue weighted by Gasteiger charge is -2.17. The number of nitrogens with one attached hydrogen (secondary N) is 1. The van der Waals surface area contributed by atoms with Crippen molar-refractivity contribution in [1.29, 1.82) is 0 Å². The molecule has 0 saturated carbocycles. The third-order valence-corrected chi connectivity index (χ3v) is 4.48. The Bertz CT molecular complexity index is 733. The molecule has 120 valence electrons. The van der Waals surface area contributed by atoms with Crippen LogP contribution in [0.1, 0.15) is 34.3 Å². The highest BCUT2D eigenvalue weighted by Gasteiger charge is 2.19. The van der Waals surface area contributed by atoms with Gasteiger partial charge in [0.2, 0.25) is 0 Å². The van der Waals surface area contributed by atoms with E-state index in [0.717, 1.165) is 37.3 Å². The van der Waals surface area contributed by atoms with Gasteiger partial charge in [-0.1, -0.05) is 6.07 Å². The van der Waals surface area contributed by atoms with Crippen molar-refractivity contribution in [3.8, 4) is 0 Å². The Morgan fingerprint density at radius 2 is 1.78 bits per heavy atom. The Kier molecular flexibility index (Phi) is 4.24. The van der Waals surface area contributed by atoms with Crippen LogP contribution in [0.4, 0.5) is 17.1 Å². The van der Waals surface area contributed by atoms with Gasteiger partial charge in [-0.3, -0.25) is 4.79 Å². The van der Waals surface area contributed by atoms with Gasteiger partial charge >= 0.3 is 0 Å². The molecule has 0 atom stereocenters. The SMILES string of the molecule is Cc1ccc(Nc2ccc(C(=O)N3CCCC3)cc2N)cc1C. The van der Waals surface area contributed by atoms with Crippen molar-refractivity contribution in [3.05, 3.63) is 53.1 Å². The van der Waals surface area contributed by atoms with E-state index in [1.165, 1.54) is 11.1 Å². The van der Waals surface area contributed by atoms with Crippen molar-refractivity contribution in [2.45, 2.75) is 26.7 Å². The molecule has 3 rings (SSSR count). The Labute approximate surface area is 137 Å². The van der Waals surface area contributed by atoms with Gasteiger partial charge in [-0.05, 0) is 68.1 Å². The molecular formula is C19H23N3O. The summed E-state index contributed by atoms with van der Waals surface area (Å²) in [4.78, 5) is 14.3. The molecule has 2 aromatic carbocycles. The fourth-order valence-electron chi connectivity index (χ4n) is 2.89. The Hall–Kier alpha value is -2.49. The number of likely N-dealkylation sites (tertiary alicyclic amines) is 1. The van der Waals surface area contributed by atoms with E-state index in [9.17, 15) is 4.79 Å². The van der Waals surface area contributed by atoms with Gasteiger partial charge in [0.25, 0.3) is 5.91 Å². The van der Waals surface area contributed by atoms with E-state index in [1.54, 1.807) is 6.07 Å². The number of hydrogen-bond acceptors (Lipinski definition) is 3. The molecule has 3 N–H and O–H groups in total. The summed E-state index contributed by atoms with van der Waals surface area (Å²) < 4.78 is 0. The van der Waals surface area contributed by atoms with Crippen LogP contribution < -0.4 is 11.1 Å². The lowest BCUT2D eigenvalue weighted by Crippen LogP contribution is -2.27. The number of carbonyl (C=O) groups excluding carboxylic acids is 1. The second-order valence-electron chi connectivity index (χ2n) is 6.23. The van der Waals surface area contributed by atoms with Crippen molar-refractivity contribution in [3.63, 3.8) is 0 Å². The van der Waals surface area contributed by atoms with E-state index in [1.807, 2.05) is 23.1 Å². The molecule has 0 aliphatic carbocycles. The molecule has 1 saturated heterocycles. The molecule has 2 aromatic rings. The van der Waals surface area contributed by atoms with Crippen molar-refractivity contribution >= 4 is 23.0 Å². The molecule has 0 aromatic heterocycles. The number of carbonyl (C=O) groups is 1. The van der Waals surface area contributed by atoms with Gasteiger partial charge in [0.05, 0.1) is 11.4 Å². The van der Waals surface area contributed by atoms with Crippen molar-refractivity contribution < 1.29 is 4.79 Å². The van der Waals surface area contributed by atoms with Gasteiger partial charge < -0.3 is 16.0 Å². The van der Waals surface area contributed by atoms with Crippen LogP contribution in [0.5, 0.6) is 0 Å². The summed E-state index contributed by atoms with van der Waals surface area (Å²) in [6.07, 6.45) is 2.18. The fraction of sp³-hybridized carbons (Fsp3) is 0.316. The van der Waals surface area contributed by atoms with Gasteiger partial charge in [-0.2, -0.15) is 0 Å². The number of rotatable bonds is 3. The van der Waals surface area contributed by atoms with Crippen LogP contribution in [0.3, 0.4) is 0 Å². The second-order valence-corrected chi connectivity index (χ2v) is 6.23. The third-order valence-electron chi connectivity index (χ3n) is 4.48. The van der Waals surface area contributed by atoms with Crippen LogP contribution in [0.25, 0.3) is 0 Å². The molecular weight excluding hydrogens is 286 g/mol. The van der Waals surface area contributed by atoms with Crippen molar-refractivity contribution in [1.82, 2.24) is 4.90 Å². The topological polar surface area (TPSA) is 58.4 Å². The molecule has 0 bridgehead atoms. The van der Waals surface area contributed by atoms with Crippen molar-refractivity contribution in [2.75, 3.05) is 24.1 Å². The maximum Gasteiger partial charge on any atom is 0.253 e.